The lowest BCUT2D eigenvalue weighted by molar-refractivity contribution is 0.0985. The minimum atomic E-state index is 0.0232. The van der Waals surface area contributed by atoms with Crippen LogP contribution in [0.2, 0.25) is 0 Å². The van der Waals surface area contributed by atoms with Gasteiger partial charge in [0.15, 0.2) is 0 Å². The second-order valence-electron chi connectivity index (χ2n) is 6.65. The van der Waals surface area contributed by atoms with Gasteiger partial charge in [-0.2, -0.15) is 0 Å². The van der Waals surface area contributed by atoms with Crippen molar-refractivity contribution in [2.45, 2.75) is 20.8 Å². The number of para-hydroxylation sites is 2. The number of fused-ring (bicyclic) bond motifs is 1. The number of likely N-dealkylation sites (N-methyl/N-ethyl adjacent to an activating group) is 1. The lowest BCUT2D eigenvalue weighted by atomic mass is 10.1. The highest BCUT2D eigenvalue weighted by molar-refractivity contribution is 6.13. The zero-order valence-electron chi connectivity index (χ0n) is 16.4. The summed E-state index contributed by atoms with van der Waals surface area (Å²) in [6.45, 7) is 9.69. The molecule has 0 aliphatic carbocycles. The fraction of sp³-hybridized carbons (Fsp3) is 0.304. The Bertz CT molecular complexity index is 904. The first-order chi connectivity index (χ1) is 13.1. The molecule has 140 valence electrons. The number of benzene rings is 2. The molecule has 0 atom stereocenters. The molecule has 0 aliphatic heterocycles. The summed E-state index contributed by atoms with van der Waals surface area (Å²) in [6, 6.07) is 19.7. The van der Waals surface area contributed by atoms with E-state index in [1.807, 2.05) is 72.5 Å². The van der Waals surface area contributed by atoms with Crippen LogP contribution in [-0.2, 0) is 0 Å². The van der Waals surface area contributed by atoms with Crippen LogP contribution in [0.15, 0.2) is 60.7 Å². The van der Waals surface area contributed by atoms with Gasteiger partial charge in [0.05, 0.1) is 11.1 Å². The van der Waals surface area contributed by atoms with Crippen LogP contribution >= 0.6 is 0 Å². The molecule has 1 aromatic heterocycles. The molecule has 4 heteroatoms. The number of pyridine rings is 1. The summed E-state index contributed by atoms with van der Waals surface area (Å²) in [6.07, 6.45) is 0. The Morgan fingerprint density at radius 2 is 1.59 bits per heavy atom. The van der Waals surface area contributed by atoms with Crippen LogP contribution < -0.4 is 4.90 Å². The Balaban J connectivity index is 2.01. The summed E-state index contributed by atoms with van der Waals surface area (Å²) in [5, 5.41) is 0.900. The van der Waals surface area contributed by atoms with Crippen molar-refractivity contribution >= 4 is 22.5 Å². The molecule has 4 nitrogen and oxygen atoms in total. The normalized spacial score (nSPS) is 11.1. The van der Waals surface area contributed by atoms with E-state index in [4.69, 9.17) is 0 Å². The average Bonchev–Trinajstić information content (AvgIpc) is 2.71. The van der Waals surface area contributed by atoms with Gasteiger partial charge in [-0.25, -0.2) is 0 Å². The maximum Gasteiger partial charge on any atom is 0.259 e. The quantitative estimate of drug-likeness (QED) is 0.620. The highest BCUT2D eigenvalue weighted by atomic mass is 16.2. The van der Waals surface area contributed by atoms with Crippen LogP contribution in [0.3, 0.4) is 0 Å². The molecule has 0 unspecified atom stereocenters. The molecule has 0 fully saturated rings. The lowest BCUT2D eigenvalue weighted by Gasteiger charge is -2.27. The molecule has 3 aromatic rings. The number of nitrogens with zero attached hydrogens (tertiary/aromatic N) is 3. The molecule has 1 amide bonds. The van der Waals surface area contributed by atoms with Gasteiger partial charge in [0.1, 0.15) is 0 Å². The molecule has 0 saturated heterocycles. The van der Waals surface area contributed by atoms with Crippen LogP contribution in [0.5, 0.6) is 0 Å². The first kappa shape index (κ1) is 19.1. The minimum absolute atomic E-state index is 0.0232. The number of amides is 1. The smallest absolute Gasteiger partial charge is 0.259 e. The number of anilines is 1. The summed E-state index contributed by atoms with van der Waals surface area (Å²) in [4.78, 5) is 22.4. The molecule has 27 heavy (non-hydrogen) atoms. The number of aryl methyl sites for hydroxylation is 1. The van der Waals surface area contributed by atoms with E-state index in [1.54, 1.807) is 0 Å². The van der Waals surface area contributed by atoms with Crippen molar-refractivity contribution < 1.29 is 4.79 Å². The van der Waals surface area contributed by atoms with Crippen molar-refractivity contribution in [3.05, 3.63) is 71.9 Å². The van der Waals surface area contributed by atoms with Crippen molar-refractivity contribution in [1.82, 2.24) is 9.88 Å². The molecule has 0 bridgehead atoms. The predicted molar refractivity (Wildman–Crippen MR) is 112 cm³/mol. The number of aromatic nitrogens is 1. The average molecular weight is 361 g/mol. The van der Waals surface area contributed by atoms with E-state index >= 15 is 0 Å². The highest BCUT2D eigenvalue weighted by Crippen LogP contribution is 2.23. The van der Waals surface area contributed by atoms with Crippen molar-refractivity contribution in [1.29, 1.82) is 0 Å². The lowest BCUT2D eigenvalue weighted by Crippen LogP contribution is -2.39. The van der Waals surface area contributed by atoms with Crippen LogP contribution in [0.1, 0.15) is 29.9 Å². The predicted octanol–water partition coefficient (Wildman–Crippen LogP) is 4.53. The Morgan fingerprint density at radius 1 is 0.926 bits per heavy atom. The summed E-state index contributed by atoms with van der Waals surface area (Å²) >= 11 is 0. The standard InChI is InChI=1S/C23H27N3O/c1-4-25(5-2)15-16-26(19-11-7-6-8-12-19)23(27)21-17-18(3)24-22-14-10-9-13-20(21)22/h6-14,17H,4-5,15-16H2,1-3H3. The van der Waals surface area contributed by atoms with Crippen LogP contribution in [-0.4, -0.2) is 42.0 Å². The molecule has 0 spiro atoms. The molecule has 2 aromatic carbocycles. The van der Waals surface area contributed by atoms with Crippen molar-refractivity contribution in [3.63, 3.8) is 0 Å². The SMILES string of the molecule is CCN(CC)CCN(C(=O)c1cc(C)nc2ccccc12)c1ccccc1. The van der Waals surface area contributed by atoms with Gasteiger partial charge in [-0.05, 0) is 44.3 Å². The first-order valence-corrected chi connectivity index (χ1v) is 9.59. The Hall–Kier alpha value is -2.72. The first-order valence-electron chi connectivity index (χ1n) is 9.59. The van der Waals surface area contributed by atoms with Gasteiger partial charge in [-0.15, -0.1) is 0 Å². The molecular weight excluding hydrogens is 334 g/mol. The Labute approximate surface area is 161 Å². The van der Waals surface area contributed by atoms with Crippen molar-refractivity contribution in [3.8, 4) is 0 Å². The largest absolute Gasteiger partial charge is 0.307 e. The van der Waals surface area contributed by atoms with Gasteiger partial charge in [-0.1, -0.05) is 50.2 Å². The van der Waals surface area contributed by atoms with E-state index < -0.39 is 0 Å². The van der Waals surface area contributed by atoms with E-state index in [9.17, 15) is 4.79 Å². The molecule has 1 heterocycles. The fourth-order valence-corrected chi connectivity index (χ4v) is 3.37. The minimum Gasteiger partial charge on any atom is -0.307 e. The molecule has 0 N–H and O–H groups in total. The topological polar surface area (TPSA) is 36.4 Å². The monoisotopic (exact) mass is 361 g/mol. The maximum atomic E-state index is 13.6. The summed E-state index contributed by atoms with van der Waals surface area (Å²) in [7, 11) is 0. The zero-order chi connectivity index (χ0) is 19.2. The second kappa shape index (κ2) is 8.78. The second-order valence-corrected chi connectivity index (χ2v) is 6.65. The molecule has 0 saturated carbocycles. The van der Waals surface area contributed by atoms with Crippen LogP contribution in [0, 0.1) is 6.92 Å². The molecule has 3 rings (SSSR count). The Kier molecular flexibility index (Phi) is 6.20. The third-order valence-electron chi connectivity index (χ3n) is 4.92. The van der Waals surface area contributed by atoms with Crippen molar-refractivity contribution in [2.24, 2.45) is 0 Å². The van der Waals surface area contributed by atoms with Gasteiger partial charge >= 0.3 is 0 Å². The van der Waals surface area contributed by atoms with E-state index in [-0.39, 0.29) is 5.91 Å². The Morgan fingerprint density at radius 3 is 2.30 bits per heavy atom. The fourth-order valence-electron chi connectivity index (χ4n) is 3.37. The number of hydrogen-bond acceptors (Lipinski definition) is 3. The number of carbonyl (C=O) groups excluding carboxylic acids is 1. The van der Waals surface area contributed by atoms with E-state index in [1.165, 1.54) is 0 Å². The number of rotatable bonds is 7. The molecule has 0 radical (unpaired) electrons. The van der Waals surface area contributed by atoms with Gasteiger partial charge in [0.2, 0.25) is 0 Å². The number of carbonyl (C=O) groups is 1. The van der Waals surface area contributed by atoms with E-state index in [0.29, 0.717) is 12.1 Å². The van der Waals surface area contributed by atoms with E-state index in [0.717, 1.165) is 41.9 Å². The molecule has 0 aliphatic rings. The van der Waals surface area contributed by atoms with E-state index in [2.05, 4.69) is 23.7 Å². The summed E-state index contributed by atoms with van der Waals surface area (Å²) < 4.78 is 0. The summed E-state index contributed by atoms with van der Waals surface area (Å²) in [5.41, 5.74) is 3.35. The third-order valence-corrected chi connectivity index (χ3v) is 4.92. The molecular formula is C23H27N3O. The highest BCUT2D eigenvalue weighted by Gasteiger charge is 2.21. The van der Waals surface area contributed by atoms with Gasteiger partial charge in [0.25, 0.3) is 5.91 Å². The zero-order valence-corrected chi connectivity index (χ0v) is 16.4. The summed E-state index contributed by atoms with van der Waals surface area (Å²) in [5.74, 6) is 0.0232. The van der Waals surface area contributed by atoms with Gasteiger partial charge in [-0.3, -0.25) is 9.78 Å². The van der Waals surface area contributed by atoms with Gasteiger partial charge in [0, 0.05) is 29.9 Å². The number of hydrogen-bond donors (Lipinski definition) is 0. The van der Waals surface area contributed by atoms with Crippen LogP contribution in [0.4, 0.5) is 5.69 Å². The van der Waals surface area contributed by atoms with Crippen molar-refractivity contribution in [2.75, 3.05) is 31.1 Å². The van der Waals surface area contributed by atoms with Gasteiger partial charge < -0.3 is 9.80 Å². The third kappa shape index (κ3) is 4.34. The van der Waals surface area contributed by atoms with Crippen LogP contribution in [0.25, 0.3) is 10.9 Å². The maximum absolute atomic E-state index is 13.6.